The van der Waals surface area contributed by atoms with Gasteiger partial charge in [0, 0.05) is 36.0 Å². The maximum Gasteiger partial charge on any atom is 0.269 e. The van der Waals surface area contributed by atoms with Gasteiger partial charge in [0.25, 0.3) is 5.69 Å². The lowest BCUT2D eigenvalue weighted by molar-refractivity contribution is -0.384. The van der Waals surface area contributed by atoms with Crippen LogP contribution in [0.25, 0.3) is 11.4 Å². The van der Waals surface area contributed by atoms with Gasteiger partial charge in [0.05, 0.1) is 11.0 Å². The first kappa shape index (κ1) is 18.0. The first-order valence-electron chi connectivity index (χ1n) is 9.40. The number of piperidine rings is 1. The number of H-pyrrole nitrogens is 1. The number of non-ortho nitro benzene ring substituents is 1. The van der Waals surface area contributed by atoms with Crippen molar-refractivity contribution < 1.29 is 4.92 Å². The number of anilines is 1. The first-order valence-corrected chi connectivity index (χ1v) is 9.40. The van der Waals surface area contributed by atoms with Gasteiger partial charge >= 0.3 is 0 Å². The van der Waals surface area contributed by atoms with Gasteiger partial charge in [0.15, 0.2) is 5.82 Å². The van der Waals surface area contributed by atoms with Crippen molar-refractivity contribution in [2.75, 3.05) is 11.4 Å². The molecule has 3 heterocycles. The van der Waals surface area contributed by atoms with Crippen molar-refractivity contribution in [2.24, 2.45) is 0 Å². The van der Waals surface area contributed by atoms with Crippen LogP contribution in [0.4, 0.5) is 11.5 Å². The van der Waals surface area contributed by atoms with E-state index in [0.717, 1.165) is 55.1 Å². The fourth-order valence-corrected chi connectivity index (χ4v) is 3.54. The molecule has 3 aromatic rings. The molecule has 1 fully saturated rings. The number of nitrogens with one attached hydrogen (secondary N) is 1. The SMILES string of the molecule is CCc1cc(N2CCCC[C@@H]2c2ncn[nH]2)nc(-c2ccc([N+](=O)[O-])cc2)n1. The van der Waals surface area contributed by atoms with Crippen LogP contribution in [0.2, 0.25) is 0 Å². The highest BCUT2D eigenvalue weighted by Gasteiger charge is 2.28. The van der Waals surface area contributed by atoms with Gasteiger partial charge < -0.3 is 4.90 Å². The average molecular weight is 379 g/mol. The molecular weight excluding hydrogens is 358 g/mol. The lowest BCUT2D eigenvalue weighted by Gasteiger charge is -2.35. The van der Waals surface area contributed by atoms with Crippen LogP contribution >= 0.6 is 0 Å². The number of hydrogen-bond acceptors (Lipinski definition) is 7. The van der Waals surface area contributed by atoms with E-state index in [9.17, 15) is 10.1 Å². The second-order valence-electron chi connectivity index (χ2n) is 6.77. The number of nitro benzene ring substituents is 1. The predicted molar refractivity (Wildman–Crippen MR) is 104 cm³/mol. The van der Waals surface area contributed by atoms with Crippen LogP contribution in [0.3, 0.4) is 0 Å². The Labute approximate surface area is 162 Å². The molecule has 144 valence electrons. The first-order chi connectivity index (χ1) is 13.7. The Balaban J connectivity index is 1.72. The average Bonchev–Trinajstić information content (AvgIpc) is 3.28. The van der Waals surface area contributed by atoms with Gasteiger partial charge in [-0.2, -0.15) is 5.10 Å². The summed E-state index contributed by atoms with van der Waals surface area (Å²) < 4.78 is 0. The van der Waals surface area contributed by atoms with Crippen molar-refractivity contribution >= 4 is 11.5 Å². The lowest BCUT2D eigenvalue weighted by atomic mass is 10.0. The number of aromatic nitrogens is 5. The molecule has 0 unspecified atom stereocenters. The van der Waals surface area contributed by atoms with Crippen LogP contribution in [-0.4, -0.2) is 36.6 Å². The second kappa shape index (κ2) is 7.71. The Kier molecular flexibility index (Phi) is 4.96. The smallest absolute Gasteiger partial charge is 0.269 e. The van der Waals surface area contributed by atoms with E-state index in [2.05, 4.69) is 32.0 Å². The van der Waals surface area contributed by atoms with E-state index in [1.807, 2.05) is 6.07 Å². The highest BCUT2D eigenvalue weighted by atomic mass is 16.6. The van der Waals surface area contributed by atoms with Gasteiger partial charge in [0.2, 0.25) is 0 Å². The molecule has 1 aliphatic rings. The quantitative estimate of drug-likeness (QED) is 0.533. The normalized spacial score (nSPS) is 16.9. The molecule has 0 amide bonds. The molecule has 0 radical (unpaired) electrons. The molecule has 0 aliphatic carbocycles. The van der Waals surface area contributed by atoms with Gasteiger partial charge in [-0.15, -0.1) is 0 Å². The zero-order valence-corrected chi connectivity index (χ0v) is 15.6. The molecule has 1 N–H and O–H groups in total. The third-order valence-corrected chi connectivity index (χ3v) is 5.01. The molecule has 9 nitrogen and oxygen atoms in total. The summed E-state index contributed by atoms with van der Waals surface area (Å²) in [4.78, 5) is 26.5. The molecule has 1 atom stereocenters. The molecular formula is C19H21N7O2. The van der Waals surface area contributed by atoms with Crippen LogP contribution in [0, 0.1) is 10.1 Å². The maximum absolute atomic E-state index is 10.9. The molecule has 1 aliphatic heterocycles. The molecule has 1 aromatic carbocycles. The zero-order valence-electron chi connectivity index (χ0n) is 15.6. The van der Waals surface area contributed by atoms with E-state index in [4.69, 9.17) is 4.98 Å². The topological polar surface area (TPSA) is 114 Å². The lowest BCUT2D eigenvalue weighted by Crippen LogP contribution is -2.35. The van der Waals surface area contributed by atoms with E-state index in [0.29, 0.717) is 5.82 Å². The summed E-state index contributed by atoms with van der Waals surface area (Å²) in [6, 6.07) is 8.47. The molecule has 0 saturated carbocycles. The zero-order chi connectivity index (χ0) is 19.5. The maximum atomic E-state index is 10.9. The van der Waals surface area contributed by atoms with Crippen molar-refractivity contribution in [1.29, 1.82) is 0 Å². The molecule has 0 spiro atoms. The highest BCUT2D eigenvalue weighted by molar-refractivity contribution is 5.60. The molecule has 0 bridgehead atoms. The van der Waals surface area contributed by atoms with Gasteiger partial charge in [-0.05, 0) is 37.8 Å². The Bertz CT molecular complexity index is 957. The number of benzene rings is 1. The van der Waals surface area contributed by atoms with Crippen molar-refractivity contribution in [2.45, 2.75) is 38.6 Å². The fourth-order valence-electron chi connectivity index (χ4n) is 3.54. The van der Waals surface area contributed by atoms with Gasteiger partial charge in [0.1, 0.15) is 18.0 Å². The van der Waals surface area contributed by atoms with E-state index in [-0.39, 0.29) is 11.7 Å². The minimum absolute atomic E-state index is 0.0528. The highest BCUT2D eigenvalue weighted by Crippen LogP contribution is 2.33. The Morgan fingerprint density at radius 3 is 2.75 bits per heavy atom. The number of aryl methyl sites for hydroxylation is 1. The largest absolute Gasteiger partial charge is 0.346 e. The van der Waals surface area contributed by atoms with Crippen LogP contribution in [0.5, 0.6) is 0 Å². The van der Waals surface area contributed by atoms with E-state index in [1.165, 1.54) is 18.5 Å². The number of rotatable bonds is 5. The summed E-state index contributed by atoms with van der Waals surface area (Å²) in [6.45, 7) is 2.93. The van der Waals surface area contributed by atoms with Crippen molar-refractivity contribution in [3.63, 3.8) is 0 Å². The number of nitro groups is 1. The van der Waals surface area contributed by atoms with Gasteiger partial charge in [-0.1, -0.05) is 6.92 Å². The minimum atomic E-state index is -0.408. The summed E-state index contributed by atoms with van der Waals surface area (Å²) in [5, 5.41) is 17.9. The van der Waals surface area contributed by atoms with Crippen molar-refractivity contribution in [3.8, 4) is 11.4 Å². The minimum Gasteiger partial charge on any atom is -0.346 e. The summed E-state index contributed by atoms with van der Waals surface area (Å²) in [5.74, 6) is 2.26. The Hall–Kier alpha value is -3.36. The number of nitrogens with zero attached hydrogens (tertiary/aromatic N) is 6. The number of aromatic amines is 1. The Morgan fingerprint density at radius 1 is 1.25 bits per heavy atom. The van der Waals surface area contributed by atoms with Crippen LogP contribution in [0.1, 0.15) is 43.7 Å². The fraction of sp³-hybridized carbons (Fsp3) is 0.368. The monoisotopic (exact) mass is 379 g/mol. The van der Waals surface area contributed by atoms with Gasteiger partial charge in [-0.3, -0.25) is 15.2 Å². The molecule has 9 heteroatoms. The molecule has 1 saturated heterocycles. The van der Waals surface area contributed by atoms with Crippen LogP contribution in [-0.2, 0) is 6.42 Å². The summed E-state index contributed by atoms with van der Waals surface area (Å²) in [5.41, 5.74) is 1.74. The summed E-state index contributed by atoms with van der Waals surface area (Å²) in [6.07, 6.45) is 5.50. The van der Waals surface area contributed by atoms with Gasteiger partial charge in [-0.25, -0.2) is 15.0 Å². The molecule has 2 aromatic heterocycles. The summed E-state index contributed by atoms with van der Waals surface area (Å²) in [7, 11) is 0. The standard InChI is InChI=1S/C19H21N7O2/c1-2-14-11-17(25-10-4-3-5-16(25)19-20-12-21-24-19)23-18(22-14)13-6-8-15(9-7-13)26(27)28/h6-9,11-12,16H,2-5,10H2,1H3,(H,20,21,24)/t16-/m1/s1. The Morgan fingerprint density at radius 2 is 2.07 bits per heavy atom. The summed E-state index contributed by atoms with van der Waals surface area (Å²) >= 11 is 0. The van der Waals surface area contributed by atoms with E-state index >= 15 is 0 Å². The van der Waals surface area contributed by atoms with Crippen LogP contribution < -0.4 is 4.90 Å². The third kappa shape index (κ3) is 3.55. The van der Waals surface area contributed by atoms with Crippen LogP contribution in [0.15, 0.2) is 36.7 Å². The van der Waals surface area contributed by atoms with Crippen molar-refractivity contribution in [1.82, 2.24) is 25.1 Å². The van der Waals surface area contributed by atoms with Crippen molar-refractivity contribution in [3.05, 3.63) is 58.3 Å². The third-order valence-electron chi connectivity index (χ3n) is 5.01. The molecule has 4 rings (SSSR count). The molecule has 28 heavy (non-hydrogen) atoms. The van der Waals surface area contributed by atoms with E-state index in [1.54, 1.807) is 12.1 Å². The van der Waals surface area contributed by atoms with E-state index < -0.39 is 4.92 Å². The second-order valence-corrected chi connectivity index (χ2v) is 6.77. The number of hydrogen-bond donors (Lipinski definition) is 1. The predicted octanol–water partition coefficient (Wildman–Crippen LogP) is 3.46.